The molecule has 1 heterocycles. The van der Waals surface area contributed by atoms with Crippen LogP contribution in [-0.4, -0.2) is 64.4 Å². The number of ether oxygens (including phenoxy) is 3. The van der Waals surface area contributed by atoms with Crippen LogP contribution in [0.25, 0.3) is 0 Å². The molecule has 7 nitrogen and oxygen atoms in total. The van der Waals surface area contributed by atoms with Crippen molar-refractivity contribution in [2.45, 2.75) is 68.9 Å². The van der Waals surface area contributed by atoms with Crippen molar-refractivity contribution in [1.29, 1.82) is 0 Å². The predicted octanol–water partition coefficient (Wildman–Crippen LogP) is 4.22. The van der Waals surface area contributed by atoms with E-state index < -0.39 is 48.4 Å². The van der Waals surface area contributed by atoms with E-state index in [0.717, 1.165) is 31.4 Å². The van der Waals surface area contributed by atoms with Crippen LogP contribution in [0.15, 0.2) is 60.7 Å². The van der Waals surface area contributed by atoms with E-state index >= 15 is 0 Å². The first kappa shape index (κ1) is 27.2. The van der Waals surface area contributed by atoms with Gasteiger partial charge in [-0.15, -0.1) is 11.8 Å². The van der Waals surface area contributed by atoms with Gasteiger partial charge in [0, 0.05) is 0 Å². The number of aliphatic hydroxyl groups excluding tert-OH is 2. The van der Waals surface area contributed by atoms with Crippen LogP contribution in [0, 0.1) is 0 Å². The van der Waals surface area contributed by atoms with Crippen molar-refractivity contribution in [2.75, 3.05) is 12.4 Å². The van der Waals surface area contributed by atoms with E-state index in [2.05, 4.69) is 6.92 Å². The van der Waals surface area contributed by atoms with Gasteiger partial charge in [0.25, 0.3) is 0 Å². The molecule has 8 heteroatoms. The maximum Gasteiger partial charge on any atom is 0.338 e. The van der Waals surface area contributed by atoms with Crippen LogP contribution in [0.4, 0.5) is 0 Å². The Labute approximate surface area is 210 Å². The molecule has 2 aromatic rings. The van der Waals surface area contributed by atoms with Crippen LogP contribution in [0.5, 0.6) is 0 Å². The Balaban J connectivity index is 1.74. The molecule has 1 fully saturated rings. The van der Waals surface area contributed by atoms with Gasteiger partial charge in [-0.25, -0.2) is 9.59 Å². The molecular weight excluding hydrogens is 468 g/mol. The van der Waals surface area contributed by atoms with E-state index in [0.29, 0.717) is 11.1 Å². The zero-order valence-corrected chi connectivity index (χ0v) is 20.8. The fourth-order valence-electron chi connectivity index (χ4n) is 3.88. The number of hydrogen-bond acceptors (Lipinski definition) is 8. The fraction of sp³-hybridized carbons (Fsp3) is 0.481. The monoisotopic (exact) mass is 502 g/mol. The van der Waals surface area contributed by atoms with E-state index in [4.69, 9.17) is 14.2 Å². The highest BCUT2D eigenvalue weighted by Gasteiger charge is 2.49. The number of carbonyl (C=O) groups is 2. The summed E-state index contributed by atoms with van der Waals surface area (Å²) in [6.45, 7) is 1.70. The number of benzene rings is 2. The predicted molar refractivity (Wildman–Crippen MR) is 134 cm³/mol. The van der Waals surface area contributed by atoms with Gasteiger partial charge in [0.1, 0.15) is 17.6 Å². The van der Waals surface area contributed by atoms with Gasteiger partial charge >= 0.3 is 11.9 Å². The van der Waals surface area contributed by atoms with E-state index in [1.165, 1.54) is 18.2 Å². The second-order valence-corrected chi connectivity index (χ2v) is 9.68. The maximum absolute atomic E-state index is 12.8. The van der Waals surface area contributed by atoms with Crippen molar-refractivity contribution in [2.24, 2.45) is 0 Å². The van der Waals surface area contributed by atoms with E-state index in [9.17, 15) is 19.8 Å². The highest BCUT2D eigenvalue weighted by Crippen LogP contribution is 2.33. The van der Waals surface area contributed by atoms with Crippen LogP contribution < -0.4 is 0 Å². The molecule has 0 aliphatic carbocycles. The van der Waals surface area contributed by atoms with Crippen LogP contribution in [0.3, 0.4) is 0 Å². The van der Waals surface area contributed by atoms with Gasteiger partial charge in [0.15, 0.2) is 12.2 Å². The lowest BCUT2D eigenvalue weighted by atomic mass is 9.99. The minimum Gasteiger partial charge on any atom is -0.453 e. The number of hydrogen-bond donors (Lipinski definition) is 2. The van der Waals surface area contributed by atoms with Crippen LogP contribution in [0.1, 0.15) is 59.7 Å². The minimum absolute atomic E-state index is 0.304. The lowest BCUT2D eigenvalue weighted by molar-refractivity contribution is -0.206. The molecular formula is C27H34O7S. The van der Waals surface area contributed by atoms with Crippen LogP contribution >= 0.6 is 11.8 Å². The largest absolute Gasteiger partial charge is 0.453 e. The van der Waals surface area contributed by atoms with Crippen molar-refractivity contribution < 1.29 is 34.0 Å². The summed E-state index contributed by atoms with van der Waals surface area (Å²) >= 11 is 1.43. The Hall–Kier alpha value is -2.39. The molecule has 0 unspecified atom stereocenters. The molecule has 3 rings (SSSR count). The molecule has 1 aliphatic heterocycles. The van der Waals surface area contributed by atoms with Gasteiger partial charge < -0.3 is 24.4 Å². The minimum atomic E-state index is -1.38. The molecule has 5 atom stereocenters. The number of esters is 2. The first-order valence-electron chi connectivity index (χ1n) is 12.1. The third-order valence-electron chi connectivity index (χ3n) is 5.83. The molecule has 0 radical (unpaired) electrons. The Kier molecular flexibility index (Phi) is 11.1. The SMILES string of the molecule is CCCCCCCS[C@@H]1O[C@H](CO)[C@@H](OC(=O)c2ccccc2)[C@H](O)[C@@H]1OC(=O)c1ccccc1. The molecule has 2 aromatic carbocycles. The number of unbranched alkanes of at least 4 members (excludes halogenated alkanes) is 4. The second-order valence-electron chi connectivity index (χ2n) is 8.47. The molecule has 0 aromatic heterocycles. The average Bonchev–Trinajstić information content (AvgIpc) is 2.90. The fourth-order valence-corrected chi connectivity index (χ4v) is 5.11. The maximum atomic E-state index is 12.8. The van der Waals surface area contributed by atoms with Gasteiger partial charge in [-0.1, -0.05) is 69.0 Å². The standard InChI is InChI=1S/C27H34O7S/c1-2-3-4-5-12-17-35-27-24(34-26(31)20-15-10-7-11-16-20)22(29)23(21(18-28)32-27)33-25(30)19-13-8-6-9-14-19/h6-11,13-16,21-24,27-29H,2-5,12,17-18H2,1H3/t21-,22+,23-,24+,27+/m1/s1. The van der Waals surface area contributed by atoms with Crippen molar-refractivity contribution in [3.8, 4) is 0 Å². The van der Waals surface area contributed by atoms with Gasteiger partial charge in [-0.3, -0.25) is 0 Å². The molecule has 0 bridgehead atoms. The molecule has 0 saturated carbocycles. The molecule has 0 spiro atoms. The van der Waals surface area contributed by atoms with Gasteiger partial charge in [-0.2, -0.15) is 0 Å². The average molecular weight is 503 g/mol. The summed E-state index contributed by atoms with van der Waals surface area (Å²) in [4.78, 5) is 25.5. The van der Waals surface area contributed by atoms with Crippen LogP contribution in [-0.2, 0) is 14.2 Å². The summed E-state index contributed by atoms with van der Waals surface area (Å²) in [7, 11) is 0. The van der Waals surface area contributed by atoms with Crippen molar-refractivity contribution in [3.05, 3.63) is 71.8 Å². The zero-order chi connectivity index (χ0) is 25.0. The second kappa shape index (κ2) is 14.2. The number of thioether (sulfide) groups is 1. The van der Waals surface area contributed by atoms with Crippen molar-refractivity contribution in [1.82, 2.24) is 0 Å². The molecule has 1 aliphatic rings. The Bertz CT molecular complexity index is 908. The Morgan fingerprint density at radius 1 is 0.857 bits per heavy atom. The highest BCUT2D eigenvalue weighted by atomic mass is 32.2. The lowest BCUT2D eigenvalue weighted by Crippen LogP contribution is -2.60. The smallest absolute Gasteiger partial charge is 0.338 e. The number of rotatable bonds is 12. The number of carbonyl (C=O) groups excluding carboxylic acids is 2. The molecule has 35 heavy (non-hydrogen) atoms. The third kappa shape index (κ3) is 7.80. The van der Waals surface area contributed by atoms with Gasteiger partial charge in [-0.05, 0) is 36.4 Å². The summed E-state index contributed by atoms with van der Waals surface area (Å²) < 4.78 is 17.3. The Morgan fingerprint density at radius 2 is 1.40 bits per heavy atom. The van der Waals surface area contributed by atoms with E-state index in [1.807, 2.05) is 0 Å². The highest BCUT2D eigenvalue weighted by molar-refractivity contribution is 7.99. The summed E-state index contributed by atoms with van der Waals surface area (Å²) in [5, 5.41) is 21.2. The zero-order valence-electron chi connectivity index (χ0n) is 20.0. The van der Waals surface area contributed by atoms with E-state index in [1.54, 1.807) is 60.7 Å². The lowest BCUT2D eigenvalue weighted by Gasteiger charge is -2.42. The van der Waals surface area contributed by atoms with Crippen molar-refractivity contribution in [3.63, 3.8) is 0 Å². The van der Waals surface area contributed by atoms with Gasteiger partial charge in [0.05, 0.1) is 17.7 Å². The van der Waals surface area contributed by atoms with Gasteiger partial charge in [0.2, 0.25) is 0 Å². The summed E-state index contributed by atoms with van der Waals surface area (Å²) in [5.74, 6) is -0.526. The summed E-state index contributed by atoms with van der Waals surface area (Å²) in [6, 6.07) is 16.8. The van der Waals surface area contributed by atoms with Crippen LogP contribution in [0.2, 0.25) is 0 Å². The summed E-state index contributed by atoms with van der Waals surface area (Å²) in [6.07, 6.45) is 0.893. The van der Waals surface area contributed by atoms with Crippen molar-refractivity contribution >= 4 is 23.7 Å². The number of aliphatic hydroxyl groups is 2. The quantitative estimate of drug-likeness (QED) is 0.329. The molecule has 0 amide bonds. The van der Waals surface area contributed by atoms with E-state index in [-0.39, 0.29) is 0 Å². The first-order valence-corrected chi connectivity index (χ1v) is 13.2. The first-order chi connectivity index (χ1) is 17.0. The third-order valence-corrected chi connectivity index (χ3v) is 7.06. The normalized spacial score (nSPS) is 24.0. The molecule has 190 valence electrons. The summed E-state index contributed by atoms with van der Waals surface area (Å²) in [5.41, 5.74) is -0.0735. The topological polar surface area (TPSA) is 102 Å². The Morgan fingerprint density at radius 3 is 1.94 bits per heavy atom. The molecule has 2 N–H and O–H groups in total. The molecule has 1 saturated heterocycles.